The third kappa shape index (κ3) is 3.24. The molecule has 9 heteroatoms. The maximum atomic E-state index is 13.0. The van der Waals surface area contributed by atoms with E-state index in [2.05, 4.69) is 15.1 Å². The summed E-state index contributed by atoms with van der Waals surface area (Å²) in [5, 5.41) is 15.1. The number of rotatable bonds is 5. The Kier molecular flexibility index (Phi) is 4.82. The first-order valence-electron chi connectivity index (χ1n) is 9.17. The second kappa shape index (κ2) is 7.43. The Bertz CT molecular complexity index is 995. The molecule has 1 aliphatic rings. The Balaban J connectivity index is 1.55. The maximum absolute atomic E-state index is 13.0. The van der Waals surface area contributed by atoms with Crippen LogP contribution in [0.15, 0.2) is 36.8 Å². The van der Waals surface area contributed by atoms with Gasteiger partial charge in [0.25, 0.3) is 5.91 Å². The molecule has 0 unspecified atom stereocenters. The van der Waals surface area contributed by atoms with Crippen LogP contribution in [0.4, 0.5) is 0 Å². The highest BCUT2D eigenvalue weighted by atomic mass is 16.5. The number of hydrogen-bond acceptors (Lipinski definition) is 6. The van der Waals surface area contributed by atoms with Crippen LogP contribution in [-0.4, -0.2) is 53.4 Å². The van der Waals surface area contributed by atoms with E-state index in [-0.39, 0.29) is 5.91 Å². The topological polar surface area (TPSA) is 98.3 Å². The molecule has 9 nitrogen and oxygen atoms in total. The molecule has 0 fully saturated rings. The molecule has 3 aromatic heterocycles. The van der Waals surface area contributed by atoms with Crippen LogP contribution in [0.2, 0.25) is 0 Å². The van der Waals surface area contributed by atoms with Crippen molar-refractivity contribution in [1.29, 1.82) is 0 Å². The van der Waals surface area contributed by atoms with Crippen molar-refractivity contribution in [3.63, 3.8) is 0 Å². The third-order valence-electron chi connectivity index (χ3n) is 4.77. The van der Waals surface area contributed by atoms with Crippen molar-refractivity contribution in [3.05, 3.63) is 59.6 Å². The highest BCUT2D eigenvalue weighted by Gasteiger charge is 2.27. The Morgan fingerprint density at radius 3 is 2.93 bits per heavy atom. The number of nitrogens with zero attached hydrogens (tertiary/aromatic N) is 6. The molecule has 1 aliphatic heterocycles. The summed E-state index contributed by atoms with van der Waals surface area (Å²) in [5.41, 5.74) is 1.84. The van der Waals surface area contributed by atoms with Crippen molar-refractivity contribution in [2.45, 2.75) is 26.1 Å². The lowest BCUT2D eigenvalue weighted by molar-refractivity contribution is 0.0700. The average molecular weight is 382 g/mol. The van der Waals surface area contributed by atoms with Gasteiger partial charge in [-0.2, -0.15) is 5.10 Å². The zero-order valence-corrected chi connectivity index (χ0v) is 15.8. The molecule has 146 valence electrons. The molecule has 1 amide bonds. The Morgan fingerprint density at radius 2 is 2.18 bits per heavy atom. The number of fused-ring (bicyclic) bond motifs is 1. The summed E-state index contributed by atoms with van der Waals surface area (Å²) in [6.07, 6.45) is 4.11. The van der Waals surface area contributed by atoms with Gasteiger partial charge < -0.3 is 19.3 Å². The van der Waals surface area contributed by atoms with Gasteiger partial charge >= 0.3 is 0 Å². The molecule has 1 N–H and O–H groups in total. The van der Waals surface area contributed by atoms with Crippen molar-refractivity contribution < 1.29 is 14.6 Å². The summed E-state index contributed by atoms with van der Waals surface area (Å²) >= 11 is 0. The number of imidazole rings is 1. The number of aromatic nitrogens is 5. The smallest absolute Gasteiger partial charge is 0.259 e. The summed E-state index contributed by atoms with van der Waals surface area (Å²) in [7, 11) is 1.83. The zero-order valence-electron chi connectivity index (χ0n) is 15.8. The van der Waals surface area contributed by atoms with Gasteiger partial charge in [-0.1, -0.05) is 0 Å². The van der Waals surface area contributed by atoms with E-state index >= 15 is 0 Å². The number of carbonyl (C=O) groups is 1. The van der Waals surface area contributed by atoms with Gasteiger partial charge in [0.1, 0.15) is 11.4 Å². The van der Waals surface area contributed by atoms with Crippen molar-refractivity contribution in [2.75, 3.05) is 13.2 Å². The predicted molar refractivity (Wildman–Crippen MR) is 99.6 cm³/mol. The normalized spacial score (nSPS) is 14.6. The SMILES string of the molecule is CCOc1ncccc1C(=O)N1CCn2nc([C@@H](O)c3nccn3C)cc2C1. The quantitative estimate of drug-likeness (QED) is 0.711. The van der Waals surface area contributed by atoms with Gasteiger partial charge in [-0.3, -0.25) is 9.48 Å². The molecule has 3 aromatic rings. The van der Waals surface area contributed by atoms with Crippen molar-refractivity contribution >= 4 is 5.91 Å². The number of pyridine rings is 1. The zero-order chi connectivity index (χ0) is 19.7. The van der Waals surface area contributed by atoms with Crippen LogP contribution in [0.1, 0.15) is 40.6 Å². The van der Waals surface area contributed by atoms with Gasteiger partial charge in [0.05, 0.1) is 31.1 Å². The largest absolute Gasteiger partial charge is 0.477 e. The third-order valence-corrected chi connectivity index (χ3v) is 4.77. The molecule has 0 saturated heterocycles. The Morgan fingerprint density at radius 1 is 1.32 bits per heavy atom. The van der Waals surface area contributed by atoms with Crippen LogP contribution in [0.25, 0.3) is 0 Å². The van der Waals surface area contributed by atoms with Crippen molar-refractivity contribution in [1.82, 2.24) is 29.2 Å². The number of aliphatic hydroxyl groups is 1. The van der Waals surface area contributed by atoms with E-state index in [1.165, 1.54) is 0 Å². The fourth-order valence-electron chi connectivity index (χ4n) is 3.34. The first-order valence-corrected chi connectivity index (χ1v) is 9.17. The highest BCUT2D eigenvalue weighted by Crippen LogP contribution is 2.24. The summed E-state index contributed by atoms with van der Waals surface area (Å²) in [4.78, 5) is 23.1. The molecule has 0 radical (unpaired) electrons. The fraction of sp³-hybridized carbons (Fsp3) is 0.368. The number of aliphatic hydroxyl groups excluding tert-OH is 1. The second-order valence-corrected chi connectivity index (χ2v) is 6.60. The monoisotopic (exact) mass is 382 g/mol. The van der Waals surface area contributed by atoms with Gasteiger partial charge in [-0.25, -0.2) is 9.97 Å². The molecule has 28 heavy (non-hydrogen) atoms. The lowest BCUT2D eigenvalue weighted by atomic mass is 10.2. The molecule has 4 heterocycles. The van der Waals surface area contributed by atoms with E-state index < -0.39 is 6.10 Å². The summed E-state index contributed by atoms with van der Waals surface area (Å²) in [5.74, 6) is 0.746. The van der Waals surface area contributed by atoms with E-state index in [9.17, 15) is 9.90 Å². The first kappa shape index (κ1) is 18.2. The molecule has 4 rings (SSSR count). The van der Waals surface area contributed by atoms with Gasteiger partial charge in [-0.15, -0.1) is 0 Å². The molecule has 0 bridgehead atoms. The molecule has 1 atom stereocenters. The second-order valence-electron chi connectivity index (χ2n) is 6.60. The highest BCUT2D eigenvalue weighted by molar-refractivity contribution is 5.96. The minimum Gasteiger partial charge on any atom is -0.477 e. The van der Waals surface area contributed by atoms with Crippen molar-refractivity contribution in [2.24, 2.45) is 7.05 Å². The number of amides is 1. The lowest BCUT2D eigenvalue weighted by Crippen LogP contribution is -2.38. The number of hydrogen-bond donors (Lipinski definition) is 1. The molecule has 0 saturated carbocycles. The maximum Gasteiger partial charge on any atom is 0.259 e. The van der Waals surface area contributed by atoms with Gasteiger partial charge in [0, 0.05) is 32.2 Å². The van der Waals surface area contributed by atoms with E-state index in [4.69, 9.17) is 4.74 Å². The fourth-order valence-corrected chi connectivity index (χ4v) is 3.34. The van der Waals surface area contributed by atoms with Crippen LogP contribution in [0.5, 0.6) is 5.88 Å². The van der Waals surface area contributed by atoms with Crippen LogP contribution in [-0.2, 0) is 20.1 Å². The van der Waals surface area contributed by atoms with Crippen molar-refractivity contribution in [3.8, 4) is 5.88 Å². The van der Waals surface area contributed by atoms with Crippen LogP contribution < -0.4 is 4.74 Å². The minimum absolute atomic E-state index is 0.129. The molecule has 0 spiro atoms. The lowest BCUT2D eigenvalue weighted by Gasteiger charge is -2.28. The van der Waals surface area contributed by atoms with E-state index in [0.29, 0.717) is 49.2 Å². The van der Waals surface area contributed by atoms with E-state index in [1.54, 1.807) is 40.2 Å². The molecule has 0 aliphatic carbocycles. The van der Waals surface area contributed by atoms with Gasteiger partial charge in [-0.05, 0) is 25.1 Å². The first-order chi connectivity index (χ1) is 13.6. The van der Waals surface area contributed by atoms with Gasteiger partial charge in [0.15, 0.2) is 6.10 Å². The number of ether oxygens (including phenoxy) is 1. The average Bonchev–Trinajstić information content (AvgIpc) is 3.33. The minimum atomic E-state index is -0.912. The predicted octanol–water partition coefficient (Wildman–Crippen LogP) is 1.15. The Labute approximate surface area is 162 Å². The van der Waals surface area contributed by atoms with E-state index in [0.717, 1.165) is 5.69 Å². The van der Waals surface area contributed by atoms with Crippen LogP contribution in [0, 0.1) is 0 Å². The van der Waals surface area contributed by atoms with Crippen LogP contribution >= 0.6 is 0 Å². The molecule has 0 aromatic carbocycles. The molecular formula is C19H22N6O3. The van der Waals surface area contributed by atoms with Crippen LogP contribution in [0.3, 0.4) is 0 Å². The molecular weight excluding hydrogens is 360 g/mol. The Hall–Kier alpha value is -3.20. The summed E-state index contributed by atoms with van der Waals surface area (Å²) in [6, 6.07) is 5.28. The standard InChI is InChI=1S/C19H22N6O3/c1-3-28-18-14(5-4-6-21-18)19(27)24-9-10-25-13(12-24)11-15(22-25)16(26)17-20-7-8-23(17)2/h4-8,11,16,26H,3,9-10,12H2,1-2H3/t16-/m1/s1. The van der Waals surface area contributed by atoms with E-state index in [1.807, 2.05) is 24.7 Å². The number of aryl methyl sites for hydroxylation is 1. The van der Waals surface area contributed by atoms with Gasteiger partial charge in [0.2, 0.25) is 5.88 Å². The number of carbonyl (C=O) groups excluding carboxylic acids is 1. The summed E-state index contributed by atoms with van der Waals surface area (Å²) in [6.45, 7) is 3.78. The summed E-state index contributed by atoms with van der Waals surface area (Å²) < 4.78 is 9.08.